The van der Waals surface area contributed by atoms with Crippen LogP contribution in [-0.2, 0) is 24.2 Å². The molecule has 0 aliphatic carbocycles. The van der Waals surface area contributed by atoms with E-state index in [9.17, 15) is 0 Å². The fourth-order valence-electron chi connectivity index (χ4n) is 6.98. The van der Waals surface area contributed by atoms with E-state index in [0.29, 0.717) is 0 Å². The SMILES string of the molecule is C[Si](C)(Cc1ccccc1)[N]([Nd+][N]([Si](C)(C)Cc1ccccc1)[Si](C)(C)Cc1ccccc1)[Si](C)(C)Cc1ccccc1.[F-]. The Labute approximate surface area is 293 Å². The van der Waals surface area contributed by atoms with Gasteiger partial charge < -0.3 is 4.70 Å². The van der Waals surface area contributed by atoms with Gasteiger partial charge in [-0.15, -0.1) is 0 Å². The van der Waals surface area contributed by atoms with Crippen LogP contribution in [0.25, 0.3) is 0 Å². The molecular formula is C36H52FN2NdSi4. The summed E-state index contributed by atoms with van der Waals surface area (Å²) in [6.45, 7) is 21.6. The van der Waals surface area contributed by atoms with Gasteiger partial charge in [0.2, 0.25) is 0 Å². The van der Waals surface area contributed by atoms with Gasteiger partial charge in [0.25, 0.3) is 0 Å². The van der Waals surface area contributed by atoms with Crippen molar-refractivity contribution in [3.05, 3.63) is 144 Å². The molecule has 0 radical (unpaired) electrons. The van der Waals surface area contributed by atoms with Crippen LogP contribution in [0.15, 0.2) is 121 Å². The summed E-state index contributed by atoms with van der Waals surface area (Å²) in [6, 6.07) is 50.4. The molecule has 0 N–H and O–H groups in total. The first kappa shape index (κ1) is 37.4. The van der Waals surface area contributed by atoms with E-state index in [1.807, 2.05) is 0 Å². The van der Waals surface area contributed by atoms with Crippen LogP contribution in [0.2, 0.25) is 52.4 Å². The maximum atomic E-state index is 3.35. The number of hydrogen-bond donors (Lipinski definition) is 0. The normalized spacial score (nSPS) is 12.6. The van der Waals surface area contributed by atoms with Crippen LogP contribution < -0.4 is 4.70 Å². The zero-order valence-electron chi connectivity index (χ0n) is 28.1. The summed E-state index contributed by atoms with van der Waals surface area (Å²) in [5.41, 5.74) is 6.08. The van der Waals surface area contributed by atoms with Crippen LogP contribution in [0.5, 0.6) is 0 Å². The molecule has 44 heavy (non-hydrogen) atoms. The van der Waals surface area contributed by atoms with Gasteiger partial charge >= 0.3 is 291 Å². The molecule has 0 amide bonds. The minimum Gasteiger partial charge on any atom is -1.00 e. The molecule has 0 unspecified atom stereocenters. The maximum Gasteiger partial charge on any atom is -1.00 e. The average Bonchev–Trinajstić information content (AvgIpc) is 2.94. The van der Waals surface area contributed by atoms with Gasteiger partial charge in [-0.25, -0.2) is 0 Å². The Hall–Kier alpha value is -1.05. The van der Waals surface area contributed by atoms with Crippen LogP contribution in [-0.4, -0.2) is 33.6 Å². The zero-order chi connectivity index (χ0) is 31.1. The van der Waals surface area contributed by atoms with Crippen molar-refractivity contribution in [1.82, 2.24) is 0.627 Å². The maximum absolute atomic E-state index is 3.35. The van der Waals surface area contributed by atoms with Crippen molar-refractivity contribution < 1.29 is 42.2 Å². The zero-order valence-corrected chi connectivity index (χ0v) is 35.4. The monoisotopic (exact) mass is 785 g/mol. The minimum absolute atomic E-state index is 0. The van der Waals surface area contributed by atoms with Gasteiger partial charge in [-0.2, -0.15) is 0 Å². The van der Waals surface area contributed by atoms with Crippen LogP contribution in [0, 0.1) is 37.5 Å². The van der Waals surface area contributed by atoms with Crippen molar-refractivity contribution in [2.24, 2.45) is 0 Å². The summed E-state index contributed by atoms with van der Waals surface area (Å²) < 4.78 is 6.69. The quantitative estimate of drug-likeness (QED) is 0.136. The van der Waals surface area contributed by atoms with Crippen molar-refractivity contribution in [2.45, 2.75) is 76.6 Å². The van der Waals surface area contributed by atoms with E-state index in [4.69, 9.17) is 0 Å². The second kappa shape index (κ2) is 16.2. The summed E-state index contributed by atoms with van der Waals surface area (Å²) in [6.07, 6.45) is 0. The molecular weight excluding hydrogens is 736 g/mol. The topological polar surface area (TPSA) is 6.48 Å². The smallest absolute Gasteiger partial charge is 1.00 e. The molecule has 4 aromatic carbocycles. The fourth-order valence-corrected chi connectivity index (χ4v) is 47.7. The van der Waals surface area contributed by atoms with E-state index in [2.05, 4.69) is 174 Å². The van der Waals surface area contributed by atoms with Gasteiger partial charge in [0.15, 0.2) is 0 Å². The fraction of sp³-hybridized carbons (Fsp3) is 0.333. The van der Waals surface area contributed by atoms with Crippen molar-refractivity contribution in [3.63, 3.8) is 0 Å². The van der Waals surface area contributed by atoms with Crippen molar-refractivity contribution >= 4 is 32.9 Å². The molecule has 0 bridgehead atoms. The summed E-state index contributed by atoms with van der Waals surface area (Å²) in [4.78, 5) is 0. The van der Waals surface area contributed by atoms with Gasteiger partial charge in [0, 0.05) is 0 Å². The van der Waals surface area contributed by atoms with Gasteiger partial charge in [0.1, 0.15) is 0 Å². The van der Waals surface area contributed by atoms with Gasteiger partial charge in [-0.1, -0.05) is 0 Å². The van der Waals surface area contributed by atoms with Crippen LogP contribution in [0.1, 0.15) is 22.3 Å². The molecule has 0 aliphatic rings. The Morgan fingerprint density at radius 3 is 0.727 bits per heavy atom. The predicted octanol–water partition coefficient (Wildman–Crippen LogP) is 6.46. The Morgan fingerprint density at radius 1 is 0.364 bits per heavy atom. The van der Waals surface area contributed by atoms with Crippen LogP contribution in [0.4, 0.5) is 0 Å². The van der Waals surface area contributed by atoms with E-state index in [0.717, 1.165) is 0 Å². The number of benzene rings is 4. The number of rotatable bonds is 14. The van der Waals surface area contributed by atoms with Crippen molar-refractivity contribution in [1.29, 1.82) is 0 Å². The molecule has 0 spiro atoms. The molecule has 0 fully saturated rings. The molecule has 8 heteroatoms. The van der Waals surface area contributed by atoms with E-state index in [-0.39, 0.29) is 4.70 Å². The standard InChI is InChI=1S/2C18H26NSi2.FH.Nd/c2*1-20(2,15-17-11-7-5-8-12-17)19-21(3,4)16-18-13-9-6-10-14-18;;/h2*5-14H,15-16H2,1-4H3;1H;/q2*-1;;+3/p-1. The molecule has 233 valence electrons. The minimum atomic E-state index is -1.78. The average molecular weight is 788 g/mol. The Balaban J connectivity index is 0.00000529. The second-order valence-corrected chi connectivity index (χ2v) is 42.5. The molecule has 0 heterocycles. The Morgan fingerprint density at radius 2 is 0.545 bits per heavy atom. The Kier molecular flexibility index (Phi) is 13.7. The first-order valence-electron chi connectivity index (χ1n) is 15.8. The van der Waals surface area contributed by atoms with E-state index in [1.165, 1.54) is 46.4 Å². The summed E-state index contributed by atoms with van der Waals surface area (Å²) in [7, 11) is -7.13. The molecule has 4 aromatic rings. The van der Waals surface area contributed by atoms with Gasteiger partial charge in [-0.05, 0) is 0 Å². The third-order valence-electron chi connectivity index (χ3n) is 8.54. The molecule has 4 rings (SSSR count). The van der Waals surface area contributed by atoms with Gasteiger partial charge in [0.05, 0.1) is 0 Å². The molecule has 0 saturated heterocycles. The predicted molar refractivity (Wildman–Crippen MR) is 194 cm³/mol. The number of nitrogens with zero attached hydrogens (tertiary/aromatic N) is 2. The Bertz CT molecular complexity index is 1190. The van der Waals surface area contributed by atoms with E-state index >= 15 is 0 Å². The molecule has 0 saturated carbocycles. The molecule has 0 aromatic heterocycles. The molecule has 0 aliphatic heterocycles. The number of halogens is 1. The van der Waals surface area contributed by atoms with E-state index < -0.39 is 70.4 Å². The summed E-state index contributed by atoms with van der Waals surface area (Å²) in [5, 5.41) is 0. The number of hydrogen-bond acceptors (Lipinski definition) is 2. The largest absolute Gasteiger partial charge is 1.00 e. The molecule has 0 atom stereocenters. The van der Waals surface area contributed by atoms with Crippen LogP contribution >= 0.6 is 0 Å². The van der Waals surface area contributed by atoms with Crippen molar-refractivity contribution in [2.75, 3.05) is 0 Å². The first-order valence-corrected chi connectivity index (χ1v) is 31.3. The molecule has 2 nitrogen and oxygen atoms in total. The van der Waals surface area contributed by atoms with Crippen LogP contribution in [0.3, 0.4) is 0 Å². The summed E-state index contributed by atoms with van der Waals surface area (Å²) >= 11 is -1.46. The first-order chi connectivity index (χ1) is 20.3. The van der Waals surface area contributed by atoms with Gasteiger partial charge in [-0.3, -0.25) is 0 Å². The third-order valence-corrected chi connectivity index (χ3v) is 53.3. The second-order valence-electron chi connectivity index (χ2n) is 14.7. The van der Waals surface area contributed by atoms with E-state index in [1.54, 1.807) is 0 Å². The van der Waals surface area contributed by atoms with Crippen molar-refractivity contribution in [3.8, 4) is 0 Å². The summed E-state index contributed by atoms with van der Waals surface area (Å²) in [5.74, 6) is 0. The third kappa shape index (κ3) is 10.5.